The Bertz CT molecular complexity index is 157. The summed E-state index contributed by atoms with van der Waals surface area (Å²) >= 11 is 1.68. The van der Waals surface area contributed by atoms with E-state index >= 15 is 0 Å². The average Bonchev–Trinajstić information content (AvgIpc) is 2.22. The predicted octanol–water partition coefficient (Wildman–Crippen LogP) is 2.35. The van der Waals surface area contributed by atoms with E-state index in [-0.39, 0.29) is 6.10 Å². The Balaban J connectivity index is 3.63. The SMILES string of the molecule is C=C(CC)SCC(O)CN(CC)CC. The van der Waals surface area contributed by atoms with E-state index in [0.29, 0.717) is 0 Å². The highest BCUT2D eigenvalue weighted by molar-refractivity contribution is 8.03. The first kappa shape index (κ1) is 14.0. The molecule has 0 saturated heterocycles. The van der Waals surface area contributed by atoms with Crippen LogP contribution in [-0.2, 0) is 0 Å². The maximum Gasteiger partial charge on any atom is 0.0760 e. The van der Waals surface area contributed by atoms with E-state index in [4.69, 9.17) is 0 Å². The second kappa shape index (κ2) is 8.33. The maximum absolute atomic E-state index is 9.72. The van der Waals surface area contributed by atoms with E-state index in [2.05, 4.69) is 32.3 Å². The van der Waals surface area contributed by atoms with Gasteiger partial charge in [0.15, 0.2) is 0 Å². The standard InChI is InChI=1S/C11H23NOS/c1-5-10(4)14-9-11(13)8-12(6-2)7-3/h11,13H,4-9H2,1-3H3. The Hall–Kier alpha value is 0.01000. The number of hydrogen-bond acceptors (Lipinski definition) is 3. The van der Waals surface area contributed by atoms with Crippen LogP contribution in [0.15, 0.2) is 11.5 Å². The number of thioether (sulfide) groups is 1. The predicted molar refractivity (Wildman–Crippen MR) is 65.7 cm³/mol. The molecule has 1 unspecified atom stereocenters. The van der Waals surface area contributed by atoms with Gasteiger partial charge in [0.05, 0.1) is 6.10 Å². The summed E-state index contributed by atoms with van der Waals surface area (Å²) in [6.07, 6.45) is 0.756. The molecule has 0 rings (SSSR count). The van der Waals surface area contributed by atoms with Crippen LogP contribution in [-0.4, -0.2) is 41.5 Å². The largest absolute Gasteiger partial charge is 0.391 e. The molecule has 0 radical (unpaired) electrons. The van der Waals surface area contributed by atoms with Crippen LogP contribution >= 0.6 is 11.8 Å². The van der Waals surface area contributed by atoms with Gasteiger partial charge in [-0.05, 0) is 24.4 Å². The first-order valence-corrected chi connectivity index (χ1v) is 6.33. The van der Waals surface area contributed by atoms with Gasteiger partial charge < -0.3 is 10.0 Å². The van der Waals surface area contributed by atoms with Crippen LogP contribution in [0.3, 0.4) is 0 Å². The van der Waals surface area contributed by atoms with Gasteiger partial charge in [-0.3, -0.25) is 0 Å². The fourth-order valence-corrected chi connectivity index (χ4v) is 1.89. The lowest BCUT2D eigenvalue weighted by Gasteiger charge is -2.21. The average molecular weight is 217 g/mol. The Kier molecular flexibility index (Phi) is 8.34. The number of likely N-dealkylation sites (N-methyl/N-ethyl adjacent to an activating group) is 1. The number of rotatable bonds is 8. The van der Waals surface area contributed by atoms with Gasteiger partial charge in [-0.1, -0.05) is 27.4 Å². The van der Waals surface area contributed by atoms with Crippen molar-refractivity contribution in [1.82, 2.24) is 4.90 Å². The summed E-state index contributed by atoms with van der Waals surface area (Å²) < 4.78 is 0. The zero-order chi connectivity index (χ0) is 11.0. The third kappa shape index (κ3) is 6.46. The Labute approximate surface area is 92.4 Å². The van der Waals surface area contributed by atoms with Crippen LogP contribution in [0.5, 0.6) is 0 Å². The minimum Gasteiger partial charge on any atom is -0.391 e. The van der Waals surface area contributed by atoms with E-state index in [0.717, 1.165) is 36.7 Å². The van der Waals surface area contributed by atoms with Gasteiger partial charge in [-0.25, -0.2) is 0 Å². The highest BCUT2D eigenvalue weighted by Gasteiger charge is 2.08. The second-order valence-electron chi connectivity index (χ2n) is 3.34. The molecule has 0 aromatic heterocycles. The molecule has 0 aromatic rings. The van der Waals surface area contributed by atoms with Gasteiger partial charge in [0.25, 0.3) is 0 Å². The van der Waals surface area contributed by atoms with Crippen LogP contribution in [0.1, 0.15) is 27.2 Å². The number of aliphatic hydroxyl groups excluding tert-OH is 1. The summed E-state index contributed by atoms with van der Waals surface area (Å²) in [5, 5.41) is 9.72. The minimum absolute atomic E-state index is 0.233. The van der Waals surface area contributed by atoms with Crippen LogP contribution in [0.25, 0.3) is 0 Å². The Morgan fingerprint density at radius 3 is 2.36 bits per heavy atom. The maximum atomic E-state index is 9.72. The van der Waals surface area contributed by atoms with Crippen molar-refractivity contribution in [2.45, 2.75) is 33.3 Å². The zero-order valence-electron chi connectivity index (χ0n) is 9.62. The molecular weight excluding hydrogens is 194 g/mol. The molecule has 1 N–H and O–H groups in total. The molecule has 14 heavy (non-hydrogen) atoms. The van der Waals surface area contributed by atoms with Crippen LogP contribution in [0.4, 0.5) is 0 Å². The lowest BCUT2D eigenvalue weighted by Crippen LogP contribution is -2.33. The van der Waals surface area contributed by atoms with Gasteiger partial charge in [0, 0.05) is 12.3 Å². The number of allylic oxidation sites excluding steroid dienone is 1. The second-order valence-corrected chi connectivity index (χ2v) is 4.54. The molecule has 0 spiro atoms. The molecule has 0 heterocycles. The van der Waals surface area contributed by atoms with Crippen LogP contribution in [0, 0.1) is 0 Å². The molecule has 84 valence electrons. The lowest BCUT2D eigenvalue weighted by molar-refractivity contribution is 0.137. The molecule has 0 aliphatic rings. The molecule has 0 saturated carbocycles. The monoisotopic (exact) mass is 217 g/mol. The number of hydrogen-bond donors (Lipinski definition) is 1. The normalized spacial score (nSPS) is 13.2. The number of nitrogens with zero attached hydrogens (tertiary/aromatic N) is 1. The molecule has 0 fully saturated rings. The van der Waals surface area contributed by atoms with Crippen molar-refractivity contribution in [2.75, 3.05) is 25.4 Å². The van der Waals surface area contributed by atoms with Crippen molar-refractivity contribution in [3.8, 4) is 0 Å². The first-order chi connectivity index (χ1) is 6.63. The van der Waals surface area contributed by atoms with Crippen molar-refractivity contribution in [1.29, 1.82) is 0 Å². The molecular formula is C11H23NOS. The number of aliphatic hydroxyl groups is 1. The molecule has 3 heteroatoms. The molecule has 2 nitrogen and oxygen atoms in total. The van der Waals surface area contributed by atoms with E-state index in [1.807, 2.05) is 0 Å². The van der Waals surface area contributed by atoms with Gasteiger partial charge in [-0.15, -0.1) is 11.8 Å². The highest BCUT2D eigenvalue weighted by atomic mass is 32.2. The van der Waals surface area contributed by atoms with Gasteiger partial charge >= 0.3 is 0 Å². The summed E-state index contributed by atoms with van der Waals surface area (Å²) in [6, 6.07) is 0. The summed E-state index contributed by atoms with van der Waals surface area (Å²) in [5.41, 5.74) is 0. The topological polar surface area (TPSA) is 23.5 Å². The molecule has 0 aliphatic heterocycles. The first-order valence-electron chi connectivity index (χ1n) is 5.34. The Morgan fingerprint density at radius 2 is 1.93 bits per heavy atom. The lowest BCUT2D eigenvalue weighted by atomic mass is 10.3. The smallest absolute Gasteiger partial charge is 0.0760 e. The van der Waals surface area contributed by atoms with Gasteiger partial charge in [0.2, 0.25) is 0 Å². The van der Waals surface area contributed by atoms with Crippen LogP contribution < -0.4 is 0 Å². The summed E-state index contributed by atoms with van der Waals surface area (Å²) in [5.74, 6) is 0.767. The van der Waals surface area contributed by atoms with E-state index in [9.17, 15) is 5.11 Å². The minimum atomic E-state index is -0.233. The fourth-order valence-electron chi connectivity index (χ4n) is 1.15. The molecule has 0 amide bonds. The summed E-state index contributed by atoms with van der Waals surface area (Å²) in [6.45, 7) is 13.0. The molecule has 1 atom stereocenters. The fraction of sp³-hybridized carbons (Fsp3) is 0.818. The van der Waals surface area contributed by atoms with E-state index in [1.54, 1.807) is 11.8 Å². The van der Waals surface area contributed by atoms with E-state index < -0.39 is 0 Å². The molecule has 0 aliphatic carbocycles. The quantitative estimate of drug-likeness (QED) is 0.675. The van der Waals surface area contributed by atoms with Gasteiger partial charge in [0.1, 0.15) is 0 Å². The highest BCUT2D eigenvalue weighted by Crippen LogP contribution is 2.17. The zero-order valence-corrected chi connectivity index (χ0v) is 10.4. The molecule has 0 bridgehead atoms. The van der Waals surface area contributed by atoms with Gasteiger partial charge in [-0.2, -0.15) is 0 Å². The van der Waals surface area contributed by atoms with E-state index in [1.165, 1.54) is 0 Å². The van der Waals surface area contributed by atoms with Crippen molar-refractivity contribution in [3.63, 3.8) is 0 Å². The molecule has 0 aromatic carbocycles. The van der Waals surface area contributed by atoms with Crippen molar-refractivity contribution < 1.29 is 5.11 Å². The van der Waals surface area contributed by atoms with Crippen molar-refractivity contribution in [3.05, 3.63) is 11.5 Å². The van der Waals surface area contributed by atoms with Crippen LogP contribution in [0.2, 0.25) is 0 Å². The third-order valence-corrected chi connectivity index (χ3v) is 3.49. The van der Waals surface area contributed by atoms with Crippen molar-refractivity contribution >= 4 is 11.8 Å². The summed E-state index contributed by atoms with van der Waals surface area (Å²) in [4.78, 5) is 3.39. The third-order valence-electron chi connectivity index (χ3n) is 2.24. The Morgan fingerprint density at radius 1 is 1.36 bits per heavy atom. The van der Waals surface area contributed by atoms with Crippen molar-refractivity contribution in [2.24, 2.45) is 0 Å². The summed E-state index contributed by atoms with van der Waals surface area (Å²) in [7, 11) is 0.